The molecule has 47 heavy (non-hydrogen) atoms. The van der Waals surface area contributed by atoms with Gasteiger partial charge in [0.05, 0.1) is 30.2 Å². The van der Waals surface area contributed by atoms with Crippen LogP contribution >= 0.6 is 22.9 Å². The van der Waals surface area contributed by atoms with E-state index in [9.17, 15) is 22.4 Å². The number of sulfone groups is 1. The number of amides is 2. The topological polar surface area (TPSA) is 125 Å². The van der Waals surface area contributed by atoms with Crippen LogP contribution in [0.25, 0.3) is 0 Å². The molecule has 0 bridgehead atoms. The molecule has 11 nitrogen and oxygen atoms in total. The van der Waals surface area contributed by atoms with Gasteiger partial charge in [-0.05, 0) is 36.4 Å². The summed E-state index contributed by atoms with van der Waals surface area (Å²) in [6.07, 6.45) is 2.81. The summed E-state index contributed by atoms with van der Waals surface area (Å²) in [5.74, 6) is 5.40. The van der Waals surface area contributed by atoms with Gasteiger partial charge >= 0.3 is 12.0 Å². The average molecular weight is 697 g/mol. The molecular formula is C32H30ClFN6O5S2. The Morgan fingerprint density at radius 3 is 2.66 bits per heavy atom. The second-order valence-electron chi connectivity index (χ2n) is 11.2. The van der Waals surface area contributed by atoms with Gasteiger partial charge in [0, 0.05) is 72.4 Å². The second-order valence-corrected chi connectivity index (χ2v) is 14.6. The van der Waals surface area contributed by atoms with Gasteiger partial charge in [0.15, 0.2) is 20.7 Å². The van der Waals surface area contributed by atoms with Crippen LogP contribution in [-0.2, 0) is 19.4 Å². The Kier molecular flexibility index (Phi) is 9.34. The number of thiazole rings is 1. The molecule has 2 amide bonds. The minimum atomic E-state index is -3.29. The van der Waals surface area contributed by atoms with E-state index >= 15 is 0 Å². The van der Waals surface area contributed by atoms with Gasteiger partial charge < -0.3 is 19.9 Å². The third-order valence-electron chi connectivity index (χ3n) is 8.10. The molecule has 0 saturated carbocycles. The zero-order valence-electron chi connectivity index (χ0n) is 25.4. The van der Waals surface area contributed by atoms with Crippen LogP contribution in [-0.4, -0.2) is 105 Å². The second kappa shape index (κ2) is 13.4. The fraction of sp³-hybridized carbons (Fsp3) is 0.312. The van der Waals surface area contributed by atoms with Crippen molar-refractivity contribution in [2.24, 2.45) is 4.99 Å². The molecule has 6 rings (SSSR count). The van der Waals surface area contributed by atoms with Crippen molar-refractivity contribution < 1.29 is 27.1 Å². The number of hydrogen-bond acceptors (Lipinski definition) is 10. The third kappa shape index (κ3) is 7.03. The van der Waals surface area contributed by atoms with Gasteiger partial charge in [-0.25, -0.2) is 27.4 Å². The summed E-state index contributed by atoms with van der Waals surface area (Å²) >= 11 is 7.85. The molecule has 3 aromatic rings. The zero-order chi connectivity index (χ0) is 33.3. The molecule has 0 spiro atoms. The Hall–Kier alpha value is -4.29. The molecule has 0 aliphatic carbocycles. The molecule has 1 N–H and O–H groups in total. The predicted octanol–water partition coefficient (Wildman–Crippen LogP) is 3.33. The molecule has 244 valence electrons. The van der Waals surface area contributed by atoms with Crippen LogP contribution in [0.15, 0.2) is 75.2 Å². The van der Waals surface area contributed by atoms with Crippen molar-refractivity contribution in [3.8, 4) is 11.8 Å². The van der Waals surface area contributed by atoms with Crippen LogP contribution in [0.3, 0.4) is 0 Å². The van der Waals surface area contributed by atoms with E-state index in [0.29, 0.717) is 60.4 Å². The molecule has 4 heterocycles. The molecule has 15 heteroatoms. The van der Waals surface area contributed by atoms with Crippen LogP contribution in [0.1, 0.15) is 22.2 Å². The van der Waals surface area contributed by atoms with Gasteiger partial charge in [0.25, 0.3) is 0 Å². The number of ether oxygens (including phenoxy) is 1. The first kappa shape index (κ1) is 32.6. The van der Waals surface area contributed by atoms with Crippen LogP contribution in [0.4, 0.5) is 9.18 Å². The summed E-state index contributed by atoms with van der Waals surface area (Å²) in [7, 11) is -2.00. The Labute approximate surface area is 280 Å². The lowest BCUT2D eigenvalue weighted by Crippen LogP contribution is -2.53. The number of halogens is 2. The van der Waals surface area contributed by atoms with Crippen molar-refractivity contribution in [2.45, 2.75) is 17.0 Å². The van der Waals surface area contributed by atoms with Gasteiger partial charge in [-0.2, -0.15) is 0 Å². The van der Waals surface area contributed by atoms with E-state index < -0.39 is 27.7 Å². The number of piperazine rings is 1. The fourth-order valence-corrected chi connectivity index (χ4v) is 7.32. The van der Waals surface area contributed by atoms with Crippen LogP contribution in [0.5, 0.6) is 0 Å². The summed E-state index contributed by atoms with van der Waals surface area (Å²) < 4.78 is 42.6. The fourth-order valence-electron chi connectivity index (χ4n) is 5.83. The summed E-state index contributed by atoms with van der Waals surface area (Å²) in [4.78, 5) is 41.6. The number of esters is 1. The van der Waals surface area contributed by atoms with E-state index in [4.69, 9.17) is 21.3 Å². The highest BCUT2D eigenvalue weighted by molar-refractivity contribution is 7.90. The van der Waals surface area contributed by atoms with E-state index in [1.165, 1.54) is 48.8 Å². The number of nitrogens with zero attached hydrogens (tertiary/aromatic N) is 5. The van der Waals surface area contributed by atoms with E-state index in [1.807, 2.05) is 10.3 Å². The molecule has 2 atom stereocenters. The van der Waals surface area contributed by atoms with Gasteiger partial charge in [-0.1, -0.05) is 29.5 Å². The monoisotopic (exact) mass is 696 g/mol. The lowest BCUT2D eigenvalue weighted by Gasteiger charge is -2.38. The lowest BCUT2D eigenvalue weighted by molar-refractivity contribution is -0.136. The van der Waals surface area contributed by atoms with Crippen molar-refractivity contribution >= 4 is 50.6 Å². The summed E-state index contributed by atoms with van der Waals surface area (Å²) in [6, 6.07) is 9.25. The summed E-state index contributed by atoms with van der Waals surface area (Å²) in [5, 5.41) is 5.87. The predicted molar refractivity (Wildman–Crippen MR) is 175 cm³/mol. The normalized spacial score (nSPS) is 19.9. The highest BCUT2D eigenvalue weighted by atomic mass is 35.5. The third-order valence-corrected chi connectivity index (χ3v) is 10.3. The maximum absolute atomic E-state index is 14.0. The first-order valence-corrected chi connectivity index (χ1v) is 17.7. The molecule has 0 unspecified atom stereocenters. The zero-order valence-corrected chi connectivity index (χ0v) is 27.8. The van der Waals surface area contributed by atoms with Crippen LogP contribution in [0.2, 0.25) is 5.02 Å². The molecule has 3 aliphatic rings. The Balaban J connectivity index is 1.20. The Morgan fingerprint density at radius 2 is 1.98 bits per heavy atom. The van der Waals surface area contributed by atoms with E-state index in [0.717, 1.165) is 6.26 Å². The van der Waals surface area contributed by atoms with E-state index in [1.54, 1.807) is 23.2 Å². The highest BCUT2D eigenvalue weighted by Crippen LogP contribution is 2.37. The number of rotatable bonds is 7. The molecular weight excluding hydrogens is 667 g/mol. The van der Waals surface area contributed by atoms with Crippen molar-refractivity contribution in [1.29, 1.82) is 0 Å². The van der Waals surface area contributed by atoms with Crippen LogP contribution in [0, 0.1) is 17.7 Å². The van der Waals surface area contributed by atoms with Gasteiger partial charge in [0.1, 0.15) is 11.9 Å². The average Bonchev–Trinajstić information content (AvgIpc) is 3.69. The number of benzene rings is 2. The van der Waals surface area contributed by atoms with Gasteiger partial charge in [-0.3, -0.25) is 9.89 Å². The molecule has 2 saturated heterocycles. The molecule has 2 aromatic carbocycles. The number of methoxy groups -OCH3 is 1. The minimum Gasteiger partial charge on any atom is -0.466 e. The quantitative estimate of drug-likeness (QED) is 0.295. The van der Waals surface area contributed by atoms with Gasteiger partial charge in [-0.15, -0.1) is 11.3 Å². The molecule has 3 aliphatic heterocycles. The number of hydrogen-bond donors (Lipinski definition) is 1. The number of aromatic nitrogens is 1. The Bertz CT molecular complexity index is 1940. The van der Waals surface area contributed by atoms with Crippen molar-refractivity contribution in [1.82, 2.24) is 25.0 Å². The molecule has 2 fully saturated rings. The Morgan fingerprint density at radius 1 is 1.19 bits per heavy atom. The number of aliphatic imine (C=N–C) groups is 1. The molecule has 1 aromatic heterocycles. The smallest absolute Gasteiger partial charge is 0.338 e. The van der Waals surface area contributed by atoms with Crippen molar-refractivity contribution in [2.75, 3.05) is 52.6 Å². The summed E-state index contributed by atoms with van der Waals surface area (Å²) in [6.45, 7) is 2.63. The molecule has 0 radical (unpaired) electrons. The number of carbonyl (C=O) groups is 2. The maximum atomic E-state index is 14.0. The number of amidine groups is 1. The number of nitrogens with one attached hydrogen (secondary N) is 1. The number of fused-ring (bicyclic) bond motifs is 1. The SMILES string of the molecule is COC(=O)C1=C(CN2CCN3C(=O)N(CC#Cc4ccc(S(C)(=O)=O)cc4)C[C@@H]3C2)NC(c2nccs2)=N[C@H]1c1ccc(F)cc1Cl. The van der Waals surface area contributed by atoms with Crippen molar-refractivity contribution in [3.63, 3.8) is 0 Å². The van der Waals surface area contributed by atoms with Crippen molar-refractivity contribution in [3.05, 3.63) is 92.3 Å². The first-order valence-electron chi connectivity index (χ1n) is 14.6. The minimum absolute atomic E-state index is 0.0905. The van der Waals surface area contributed by atoms with E-state index in [-0.39, 0.29) is 34.1 Å². The number of urea groups is 1. The largest absolute Gasteiger partial charge is 0.466 e. The lowest BCUT2D eigenvalue weighted by atomic mass is 9.95. The van der Waals surface area contributed by atoms with E-state index in [2.05, 4.69) is 27.0 Å². The van der Waals surface area contributed by atoms with Crippen LogP contribution < -0.4 is 5.32 Å². The number of carbonyl (C=O) groups excluding carboxylic acids is 2. The standard InChI is InChI=1S/C32H30ClFN6O5S2/c1-45-31(41)27-26(36-29(30-35-11-15-46-30)37-28(27)24-10-7-21(34)16-25(24)33)19-38-13-14-40-22(17-38)18-39(32(40)42)12-3-4-20-5-8-23(9-6-20)47(2,43)44/h5-11,15-16,22,28H,12-14,17-19H2,1-2H3,(H,36,37)/t22-,28-/m0/s1. The van der Waals surface area contributed by atoms with Gasteiger partial charge in [0.2, 0.25) is 0 Å². The first-order chi connectivity index (χ1) is 22.5. The summed E-state index contributed by atoms with van der Waals surface area (Å²) in [5.41, 5.74) is 1.93. The maximum Gasteiger partial charge on any atom is 0.338 e. The highest BCUT2D eigenvalue weighted by Gasteiger charge is 2.41.